The molecule has 2 atom stereocenters. The Morgan fingerprint density at radius 1 is 1.44 bits per heavy atom. The Kier molecular flexibility index (Phi) is 2.99. The summed E-state index contributed by atoms with van der Waals surface area (Å²) in [5.41, 5.74) is -1.24. The summed E-state index contributed by atoms with van der Waals surface area (Å²) in [6, 6.07) is 0. The SMILES string of the molecule is CCOC(=O)C(=O)C1CC2(CCC1=O)CC2(F)F. The van der Waals surface area contributed by atoms with Crippen molar-refractivity contribution >= 4 is 17.5 Å². The number of hydrogen-bond acceptors (Lipinski definition) is 4. The van der Waals surface area contributed by atoms with Crippen molar-refractivity contribution in [2.45, 2.75) is 38.5 Å². The van der Waals surface area contributed by atoms with Gasteiger partial charge in [0.05, 0.1) is 12.5 Å². The quantitative estimate of drug-likeness (QED) is 0.438. The summed E-state index contributed by atoms with van der Waals surface area (Å²) in [6.07, 6.45) is -0.479. The molecule has 0 aromatic heterocycles. The summed E-state index contributed by atoms with van der Waals surface area (Å²) >= 11 is 0. The number of ether oxygens (including phenoxy) is 1. The van der Waals surface area contributed by atoms with Gasteiger partial charge in [0.1, 0.15) is 5.78 Å². The predicted molar refractivity (Wildman–Crippen MR) is 56.0 cm³/mol. The van der Waals surface area contributed by atoms with Crippen LogP contribution in [-0.4, -0.2) is 30.1 Å². The highest BCUT2D eigenvalue weighted by Crippen LogP contribution is 2.67. The van der Waals surface area contributed by atoms with Gasteiger partial charge in [0.15, 0.2) is 0 Å². The fraction of sp³-hybridized carbons (Fsp3) is 0.750. The maximum Gasteiger partial charge on any atom is 0.375 e. The lowest BCUT2D eigenvalue weighted by molar-refractivity contribution is -0.158. The van der Waals surface area contributed by atoms with Gasteiger partial charge in [-0.2, -0.15) is 0 Å². The summed E-state index contributed by atoms with van der Waals surface area (Å²) in [5.74, 6) is -6.56. The van der Waals surface area contributed by atoms with Crippen molar-refractivity contribution in [1.29, 1.82) is 0 Å². The van der Waals surface area contributed by atoms with Gasteiger partial charge in [-0.1, -0.05) is 0 Å². The molecule has 0 radical (unpaired) electrons. The van der Waals surface area contributed by atoms with Gasteiger partial charge in [-0.15, -0.1) is 0 Å². The molecule has 0 aromatic rings. The first-order valence-corrected chi connectivity index (χ1v) is 5.94. The Morgan fingerprint density at radius 2 is 2.06 bits per heavy atom. The number of ketones is 2. The van der Waals surface area contributed by atoms with E-state index in [1.54, 1.807) is 0 Å². The van der Waals surface area contributed by atoms with Crippen LogP contribution in [0.15, 0.2) is 0 Å². The van der Waals surface area contributed by atoms with E-state index < -0.39 is 34.8 Å². The van der Waals surface area contributed by atoms with Crippen molar-refractivity contribution in [2.24, 2.45) is 11.3 Å². The maximum atomic E-state index is 13.2. The molecule has 0 saturated heterocycles. The first-order chi connectivity index (χ1) is 8.33. The molecule has 0 amide bonds. The van der Waals surface area contributed by atoms with Gasteiger partial charge < -0.3 is 4.74 Å². The van der Waals surface area contributed by atoms with E-state index in [-0.39, 0.29) is 32.3 Å². The average Bonchev–Trinajstić information content (AvgIpc) is 2.83. The van der Waals surface area contributed by atoms with Crippen LogP contribution in [-0.2, 0) is 19.1 Å². The third kappa shape index (κ3) is 1.93. The zero-order chi connectivity index (χ0) is 13.6. The molecule has 4 nitrogen and oxygen atoms in total. The van der Waals surface area contributed by atoms with Crippen molar-refractivity contribution in [3.05, 3.63) is 0 Å². The van der Waals surface area contributed by atoms with Crippen LogP contribution in [0.4, 0.5) is 8.78 Å². The van der Waals surface area contributed by atoms with E-state index in [2.05, 4.69) is 4.74 Å². The monoisotopic (exact) mass is 260 g/mol. The number of esters is 1. The highest BCUT2D eigenvalue weighted by atomic mass is 19.3. The Balaban J connectivity index is 2.10. The minimum absolute atomic E-state index is 0.0206. The van der Waals surface area contributed by atoms with E-state index in [1.165, 1.54) is 6.92 Å². The van der Waals surface area contributed by atoms with Crippen LogP contribution in [0.1, 0.15) is 32.6 Å². The molecule has 2 aliphatic rings. The number of rotatable bonds is 3. The smallest absolute Gasteiger partial charge is 0.375 e. The Hall–Kier alpha value is -1.33. The summed E-state index contributed by atoms with van der Waals surface area (Å²) in [4.78, 5) is 34.6. The molecule has 2 unspecified atom stereocenters. The van der Waals surface area contributed by atoms with Crippen LogP contribution >= 0.6 is 0 Å². The molecular formula is C12H14F2O4. The largest absolute Gasteiger partial charge is 0.460 e. The standard InChI is InChI=1S/C12H14F2O4/c1-2-18-10(17)9(16)7-5-11(4-3-8(7)15)6-12(11,13)14/h7H,2-6H2,1H3. The summed E-state index contributed by atoms with van der Waals surface area (Å²) in [5, 5.41) is 0. The lowest BCUT2D eigenvalue weighted by atomic mass is 9.76. The normalized spacial score (nSPS) is 33.3. The molecular weight excluding hydrogens is 246 g/mol. The molecule has 0 aromatic carbocycles. The van der Waals surface area contributed by atoms with Gasteiger partial charge in [0.25, 0.3) is 5.92 Å². The molecule has 18 heavy (non-hydrogen) atoms. The summed E-state index contributed by atoms with van der Waals surface area (Å²) in [6.45, 7) is 1.55. The van der Waals surface area contributed by atoms with Crippen molar-refractivity contribution in [3.8, 4) is 0 Å². The van der Waals surface area contributed by atoms with E-state index in [4.69, 9.17) is 0 Å². The molecule has 2 aliphatic carbocycles. The Bertz CT molecular complexity index is 418. The van der Waals surface area contributed by atoms with Crippen molar-refractivity contribution in [3.63, 3.8) is 0 Å². The Labute approximate surface area is 103 Å². The van der Waals surface area contributed by atoms with Crippen LogP contribution in [0, 0.1) is 11.3 Å². The lowest BCUT2D eigenvalue weighted by Gasteiger charge is -2.26. The van der Waals surface area contributed by atoms with Crippen molar-refractivity contribution in [1.82, 2.24) is 0 Å². The van der Waals surface area contributed by atoms with E-state index >= 15 is 0 Å². The third-order valence-corrected chi connectivity index (χ3v) is 3.84. The fourth-order valence-corrected chi connectivity index (χ4v) is 2.60. The van der Waals surface area contributed by atoms with E-state index in [0.717, 1.165) is 0 Å². The minimum atomic E-state index is -2.80. The number of alkyl halides is 2. The zero-order valence-corrected chi connectivity index (χ0v) is 10.0. The maximum absolute atomic E-state index is 13.2. The number of carbonyl (C=O) groups is 3. The van der Waals surface area contributed by atoms with Crippen LogP contribution in [0.2, 0.25) is 0 Å². The summed E-state index contributed by atoms with van der Waals surface area (Å²) < 4.78 is 31.0. The highest BCUT2D eigenvalue weighted by Gasteiger charge is 2.72. The van der Waals surface area contributed by atoms with Crippen LogP contribution in [0.3, 0.4) is 0 Å². The molecule has 2 rings (SSSR count). The number of halogens is 2. The van der Waals surface area contributed by atoms with Crippen LogP contribution in [0.5, 0.6) is 0 Å². The molecule has 0 heterocycles. The molecule has 1 spiro atoms. The second-order valence-electron chi connectivity index (χ2n) is 4.97. The second-order valence-corrected chi connectivity index (χ2v) is 4.97. The second kappa shape index (κ2) is 4.10. The molecule has 2 fully saturated rings. The van der Waals surface area contributed by atoms with E-state index in [0.29, 0.717) is 0 Å². The number of carbonyl (C=O) groups excluding carboxylic acids is 3. The molecule has 0 bridgehead atoms. The molecule has 0 N–H and O–H groups in total. The first-order valence-electron chi connectivity index (χ1n) is 5.94. The average molecular weight is 260 g/mol. The molecule has 0 aliphatic heterocycles. The van der Waals surface area contributed by atoms with Gasteiger partial charge in [-0.05, 0) is 19.8 Å². The lowest BCUT2D eigenvalue weighted by Crippen LogP contribution is -2.38. The molecule has 6 heteroatoms. The van der Waals surface area contributed by atoms with Crippen LogP contribution < -0.4 is 0 Å². The minimum Gasteiger partial charge on any atom is -0.460 e. The van der Waals surface area contributed by atoms with Gasteiger partial charge in [-0.3, -0.25) is 9.59 Å². The third-order valence-electron chi connectivity index (χ3n) is 3.84. The van der Waals surface area contributed by atoms with Gasteiger partial charge >= 0.3 is 5.97 Å². The topological polar surface area (TPSA) is 60.4 Å². The summed E-state index contributed by atoms with van der Waals surface area (Å²) in [7, 11) is 0. The van der Waals surface area contributed by atoms with E-state index in [9.17, 15) is 23.2 Å². The highest BCUT2D eigenvalue weighted by molar-refractivity contribution is 6.38. The van der Waals surface area contributed by atoms with Gasteiger partial charge in [0, 0.05) is 18.3 Å². The number of hydrogen-bond donors (Lipinski definition) is 0. The molecule has 100 valence electrons. The van der Waals surface area contributed by atoms with Gasteiger partial charge in [-0.25, -0.2) is 13.6 Å². The van der Waals surface area contributed by atoms with E-state index in [1.807, 2.05) is 0 Å². The zero-order valence-electron chi connectivity index (χ0n) is 10.0. The number of Topliss-reactive ketones (excluding diaryl/α,β-unsaturated/α-hetero) is 2. The van der Waals surface area contributed by atoms with Gasteiger partial charge in [0.2, 0.25) is 5.78 Å². The van der Waals surface area contributed by atoms with Crippen LogP contribution in [0.25, 0.3) is 0 Å². The Morgan fingerprint density at radius 3 is 2.56 bits per heavy atom. The van der Waals surface area contributed by atoms with Crippen molar-refractivity contribution < 1.29 is 27.9 Å². The fourth-order valence-electron chi connectivity index (χ4n) is 2.60. The predicted octanol–water partition coefficient (Wildman–Crippen LogP) is 1.51. The molecule has 2 saturated carbocycles. The first kappa shape index (κ1) is 13.1. The van der Waals surface area contributed by atoms with Crippen molar-refractivity contribution in [2.75, 3.05) is 6.61 Å².